The van der Waals surface area contributed by atoms with E-state index in [2.05, 4.69) is 4.98 Å². The number of aromatic hydroxyl groups is 1. The predicted molar refractivity (Wildman–Crippen MR) is 63.7 cm³/mol. The number of hydrogen-bond donors (Lipinski definition) is 1. The van der Waals surface area contributed by atoms with Gasteiger partial charge in [-0.3, -0.25) is 9.78 Å². The second-order valence-electron chi connectivity index (χ2n) is 3.67. The Morgan fingerprint density at radius 1 is 1.50 bits per heavy atom. The minimum absolute atomic E-state index is 0.00977. The number of pyridine rings is 1. The summed E-state index contributed by atoms with van der Waals surface area (Å²) in [5.74, 6) is -1.48. The van der Waals surface area contributed by atoms with Crippen LogP contribution in [0.1, 0.15) is 29.0 Å². The second-order valence-corrected chi connectivity index (χ2v) is 3.67. The molecular weight excluding hydrogens is 236 g/mol. The van der Waals surface area contributed by atoms with Gasteiger partial charge >= 0.3 is 5.97 Å². The van der Waals surface area contributed by atoms with Crippen LogP contribution >= 0.6 is 0 Å². The van der Waals surface area contributed by atoms with E-state index in [1.54, 1.807) is 13.0 Å². The Labute approximate surface area is 103 Å². The molecule has 0 saturated carbocycles. The van der Waals surface area contributed by atoms with Crippen LogP contribution in [0, 0.1) is 0 Å². The normalized spacial score (nSPS) is 10.6. The minimum Gasteiger partial charge on any atom is -0.494 e. The van der Waals surface area contributed by atoms with E-state index in [1.165, 1.54) is 19.3 Å². The van der Waals surface area contributed by atoms with Gasteiger partial charge in [0.1, 0.15) is 5.56 Å². The zero-order chi connectivity index (χ0) is 13.3. The highest BCUT2D eigenvalue weighted by Gasteiger charge is 2.24. The van der Waals surface area contributed by atoms with Gasteiger partial charge in [-0.2, -0.15) is 0 Å². The molecule has 0 atom stereocenters. The van der Waals surface area contributed by atoms with Crippen molar-refractivity contribution in [1.29, 1.82) is 0 Å². The summed E-state index contributed by atoms with van der Waals surface area (Å²) in [6.07, 6.45) is 2.90. The standard InChI is InChI=1S/C12H12N2O4/c1-3-18-12(17)10-8-4-5-13-6-9(8)14(7(2)15)11(10)16/h4-6,16H,3H2,1-2H3. The maximum Gasteiger partial charge on any atom is 0.344 e. The fraction of sp³-hybridized carbons (Fsp3) is 0.250. The highest BCUT2D eigenvalue weighted by molar-refractivity contribution is 6.09. The number of hydrogen-bond acceptors (Lipinski definition) is 5. The largest absolute Gasteiger partial charge is 0.494 e. The summed E-state index contributed by atoms with van der Waals surface area (Å²) in [6.45, 7) is 3.15. The molecule has 94 valence electrons. The average molecular weight is 248 g/mol. The van der Waals surface area contributed by atoms with Gasteiger partial charge in [-0.25, -0.2) is 9.36 Å². The first-order valence-corrected chi connectivity index (χ1v) is 5.43. The summed E-state index contributed by atoms with van der Waals surface area (Å²) in [4.78, 5) is 27.2. The lowest BCUT2D eigenvalue weighted by molar-refractivity contribution is 0.0525. The van der Waals surface area contributed by atoms with Crippen molar-refractivity contribution in [3.8, 4) is 5.88 Å². The second kappa shape index (κ2) is 4.48. The summed E-state index contributed by atoms with van der Waals surface area (Å²) in [5, 5.41) is 10.4. The molecule has 0 aliphatic carbocycles. The van der Waals surface area contributed by atoms with E-state index < -0.39 is 17.8 Å². The van der Waals surface area contributed by atoms with Crippen LogP contribution < -0.4 is 0 Å². The molecule has 0 aliphatic rings. The van der Waals surface area contributed by atoms with Gasteiger partial charge in [0.05, 0.1) is 18.3 Å². The number of esters is 1. The monoisotopic (exact) mass is 248 g/mol. The molecule has 0 unspecified atom stereocenters. The number of carbonyl (C=O) groups excluding carboxylic acids is 2. The third-order valence-corrected chi connectivity index (χ3v) is 2.54. The van der Waals surface area contributed by atoms with Crippen molar-refractivity contribution in [3.05, 3.63) is 24.0 Å². The van der Waals surface area contributed by atoms with Crippen LogP contribution in [0.5, 0.6) is 5.88 Å². The first-order valence-electron chi connectivity index (χ1n) is 5.43. The van der Waals surface area contributed by atoms with Crippen molar-refractivity contribution in [2.45, 2.75) is 13.8 Å². The van der Waals surface area contributed by atoms with Gasteiger partial charge in [-0.05, 0) is 13.0 Å². The Morgan fingerprint density at radius 3 is 2.83 bits per heavy atom. The number of rotatable bonds is 2. The average Bonchev–Trinajstić information content (AvgIpc) is 2.61. The lowest BCUT2D eigenvalue weighted by Crippen LogP contribution is -2.07. The van der Waals surface area contributed by atoms with Gasteiger partial charge in [0.2, 0.25) is 11.8 Å². The number of fused-ring (bicyclic) bond motifs is 1. The smallest absolute Gasteiger partial charge is 0.344 e. The first kappa shape index (κ1) is 12.1. The van der Waals surface area contributed by atoms with E-state index in [1.807, 2.05) is 0 Å². The highest BCUT2D eigenvalue weighted by atomic mass is 16.5. The molecule has 2 aromatic heterocycles. The molecule has 0 amide bonds. The van der Waals surface area contributed by atoms with Crippen LogP contribution in [0.4, 0.5) is 0 Å². The van der Waals surface area contributed by atoms with Crippen LogP contribution in [0.3, 0.4) is 0 Å². The van der Waals surface area contributed by atoms with E-state index >= 15 is 0 Å². The Bertz CT molecular complexity index is 630. The lowest BCUT2D eigenvalue weighted by Gasteiger charge is -2.01. The lowest BCUT2D eigenvalue weighted by atomic mass is 10.2. The van der Waals surface area contributed by atoms with Crippen LogP contribution in [-0.4, -0.2) is 33.1 Å². The molecule has 18 heavy (non-hydrogen) atoms. The van der Waals surface area contributed by atoms with E-state index in [0.29, 0.717) is 10.9 Å². The fourth-order valence-electron chi connectivity index (χ4n) is 1.85. The Kier molecular flexibility index (Phi) is 3.01. The molecule has 6 heteroatoms. The molecule has 0 bridgehead atoms. The Morgan fingerprint density at radius 2 is 2.22 bits per heavy atom. The maximum atomic E-state index is 11.8. The molecule has 0 aromatic carbocycles. The van der Waals surface area contributed by atoms with Gasteiger partial charge in [0.25, 0.3) is 0 Å². The summed E-state index contributed by atoms with van der Waals surface area (Å²) >= 11 is 0. The fourth-order valence-corrected chi connectivity index (χ4v) is 1.85. The van der Waals surface area contributed by atoms with Gasteiger partial charge < -0.3 is 9.84 Å². The molecule has 0 radical (unpaired) electrons. The summed E-state index contributed by atoms with van der Waals surface area (Å²) in [6, 6.07) is 1.56. The number of aromatic nitrogens is 2. The van der Waals surface area contributed by atoms with Gasteiger partial charge in [0.15, 0.2) is 0 Å². The van der Waals surface area contributed by atoms with E-state index in [0.717, 1.165) is 4.57 Å². The van der Waals surface area contributed by atoms with Crippen molar-refractivity contribution in [1.82, 2.24) is 9.55 Å². The third-order valence-electron chi connectivity index (χ3n) is 2.54. The van der Waals surface area contributed by atoms with Crippen LogP contribution in [-0.2, 0) is 4.74 Å². The van der Waals surface area contributed by atoms with E-state index in [-0.39, 0.29) is 12.2 Å². The van der Waals surface area contributed by atoms with E-state index in [9.17, 15) is 14.7 Å². The van der Waals surface area contributed by atoms with Gasteiger partial charge in [-0.1, -0.05) is 0 Å². The minimum atomic E-state index is -0.661. The summed E-state index contributed by atoms with van der Waals surface area (Å²) < 4.78 is 5.90. The SMILES string of the molecule is CCOC(=O)c1c(O)n(C(C)=O)c2cnccc12. The predicted octanol–water partition coefficient (Wildman–Crippen LogP) is 1.58. The summed E-state index contributed by atoms with van der Waals surface area (Å²) in [5.41, 5.74) is 0.370. The molecule has 6 nitrogen and oxygen atoms in total. The molecule has 2 aromatic rings. The van der Waals surface area contributed by atoms with Crippen molar-refractivity contribution >= 4 is 22.8 Å². The topological polar surface area (TPSA) is 81.4 Å². The molecular formula is C12H12N2O4. The number of nitrogens with zero attached hydrogens (tertiary/aromatic N) is 2. The summed E-state index contributed by atoms with van der Waals surface area (Å²) in [7, 11) is 0. The van der Waals surface area contributed by atoms with Crippen molar-refractivity contribution < 1.29 is 19.4 Å². The zero-order valence-electron chi connectivity index (χ0n) is 10.0. The number of carbonyl (C=O) groups is 2. The highest BCUT2D eigenvalue weighted by Crippen LogP contribution is 2.31. The van der Waals surface area contributed by atoms with Crippen molar-refractivity contribution in [2.75, 3.05) is 6.61 Å². The van der Waals surface area contributed by atoms with Crippen LogP contribution in [0.2, 0.25) is 0 Å². The third kappa shape index (κ3) is 1.71. The van der Waals surface area contributed by atoms with Crippen molar-refractivity contribution in [2.24, 2.45) is 0 Å². The van der Waals surface area contributed by atoms with Gasteiger partial charge in [-0.15, -0.1) is 0 Å². The molecule has 1 N–H and O–H groups in total. The van der Waals surface area contributed by atoms with Gasteiger partial charge in [0, 0.05) is 18.5 Å². The Balaban J connectivity index is 2.77. The van der Waals surface area contributed by atoms with E-state index in [4.69, 9.17) is 4.74 Å². The quantitative estimate of drug-likeness (QED) is 0.816. The Hall–Kier alpha value is -2.37. The molecule has 0 spiro atoms. The molecule has 2 rings (SSSR count). The van der Waals surface area contributed by atoms with Crippen LogP contribution in [0.25, 0.3) is 10.9 Å². The maximum absolute atomic E-state index is 11.8. The molecule has 0 aliphatic heterocycles. The zero-order valence-corrected chi connectivity index (χ0v) is 10.0. The molecule has 0 fully saturated rings. The van der Waals surface area contributed by atoms with Crippen molar-refractivity contribution in [3.63, 3.8) is 0 Å². The van der Waals surface area contributed by atoms with Crippen LogP contribution in [0.15, 0.2) is 18.5 Å². The molecule has 2 heterocycles. The first-order chi connectivity index (χ1) is 8.57. The molecule has 0 saturated heterocycles. The number of ether oxygens (including phenoxy) is 1.